The van der Waals surface area contributed by atoms with E-state index in [0.29, 0.717) is 44.8 Å². The molecule has 0 unspecified atom stereocenters. The van der Waals surface area contributed by atoms with Gasteiger partial charge >= 0.3 is 0 Å². The first-order chi connectivity index (χ1) is 21.3. The molecule has 6 aromatic rings. The highest BCUT2D eigenvalue weighted by Crippen LogP contribution is 2.36. The molecule has 2 fully saturated rings. The van der Waals surface area contributed by atoms with Crippen LogP contribution in [0.3, 0.4) is 0 Å². The lowest BCUT2D eigenvalue weighted by Crippen LogP contribution is -2.23. The van der Waals surface area contributed by atoms with Gasteiger partial charge < -0.3 is 0 Å². The van der Waals surface area contributed by atoms with Gasteiger partial charge in [0.05, 0.1) is 0 Å². The first kappa shape index (κ1) is 27.7. The van der Waals surface area contributed by atoms with Gasteiger partial charge in [-0.2, -0.15) is 0 Å². The number of hydrogen-bond donors (Lipinski definition) is 0. The standard InChI is InChI=1S/2C17H14FN3O/c1-10-2-9-14-16(19-10)21(13-7-8-13)17(22)15(20-14)11-3-5-12(18)6-4-11;1-10-8-14-16(19-9-10)21(13-6-7-13)17(22)15(20-14)11-2-4-12(18)5-3-11/h2-6,9,13H,7-8H2,1H3;2-5,8-9,13H,6-7H2,1H3. The van der Waals surface area contributed by atoms with Crippen LogP contribution in [0.15, 0.2) is 82.5 Å². The molecule has 0 aliphatic heterocycles. The molecule has 0 saturated heterocycles. The lowest BCUT2D eigenvalue weighted by atomic mass is 10.1. The van der Waals surface area contributed by atoms with Crippen molar-refractivity contribution >= 4 is 22.3 Å². The van der Waals surface area contributed by atoms with Gasteiger partial charge in [-0.3, -0.25) is 18.7 Å². The quantitative estimate of drug-likeness (QED) is 0.233. The number of rotatable bonds is 4. The third kappa shape index (κ3) is 5.27. The Bertz CT molecular complexity index is 2170. The normalized spacial score (nSPS) is 14.5. The predicted octanol–water partition coefficient (Wildman–Crippen LogP) is 6.48. The number of fused-ring (bicyclic) bond motifs is 2. The van der Waals surface area contributed by atoms with Gasteiger partial charge in [-0.25, -0.2) is 28.7 Å². The molecule has 2 saturated carbocycles. The van der Waals surface area contributed by atoms with Gasteiger partial charge in [0.2, 0.25) is 0 Å². The molecule has 0 amide bonds. The second kappa shape index (κ2) is 10.9. The summed E-state index contributed by atoms with van der Waals surface area (Å²) >= 11 is 0. The molecule has 8 rings (SSSR count). The molecule has 0 spiro atoms. The van der Waals surface area contributed by atoms with Crippen LogP contribution < -0.4 is 11.1 Å². The highest BCUT2D eigenvalue weighted by atomic mass is 19.1. The summed E-state index contributed by atoms with van der Waals surface area (Å²) in [4.78, 5) is 43.5. The van der Waals surface area contributed by atoms with Crippen LogP contribution >= 0.6 is 0 Å². The fourth-order valence-electron chi connectivity index (χ4n) is 5.31. The molecule has 10 heteroatoms. The maximum absolute atomic E-state index is 13.1. The van der Waals surface area contributed by atoms with E-state index in [0.717, 1.165) is 36.9 Å². The van der Waals surface area contributed by atoms with Crippen molar-refractivity contribution in [2.75, 3.05) is 0 Å². The molecule has 2 aliphatic carbocycles. The Labute approximate surface area is 250 Å². The summed E-state index contributed by atoms with van der Waals surface area (Å²) in [7, 11) is 0. The number of nitrogens with zero attached hydrogens (tertiary/aromatic N) is 6. The van der Waals surface area contributed by atoms with Gasteiger partial charge in [0.1, 0.15) is 34.1 Å². The van der Waals surface area contributed by atoms with Crippen LogP contribution in [0.4, 0.5) is 8.78 Å². The minimum atomic E-state index is -0.329. The van der Waals surface area contributed by atoms with Gasteiger partial charge in [-0.05, 0) is 112 Å². The van der Waals surface area contributed by atoms with Crippen LogP contribution in [0, 0.1) is 25.5 Å². The number of benzene rings is 2. The SMILES string of the molecule is Cc1ccc2nc(-c3ccc(F)cc3)c(=O)n(C3CC3)c2n1.Cc1cnc2c(c1)nc(-c1ccc(F)cc1)c(=O)n2C1CC1. The van der Waals surface area contributed by atoms with Crippen LogP contribution in [-0.4, -0.2) is 29.1 Å². The van der Waals surface area contributed by atoms with Gasteiger partial charge in [0.25, 0.3) is 11.1 Å². The van der Waals surface area contributed by atoms with E-state index in [4.69, 9.17) is 0 Å². The monoisotopic (exact) mass is 590 g/mol. The third-order valence-corrected chi connectivity index (χ3v) is 7.80. The predicted molar refractivity (Wildman–Crippen MR) is 164 cm³/mol. The van der Waals surface area contributed by atoms with Crippen molar-refractivity contribution in [3.8, 4) is 22.5 Å². The van der Waals surface area contributed by atoms with Crippen LogP contribution in [0.5, 0.6) is 0 Å². The summed E-state index contributed by atoms with van der Waals surface area (Å²) in [6.45, 7) is 3.84. The molecule has 0 atom stereocenters. The fraction of sp³-hybridized carbons (Fsp3) is 0.235. The summed E-state index contributed by atoms with van der Waals surface area (Å²) < 4.78 is 29.7. The van der Waals surface area contributed by atoms with Crippen LogP contribution in [-0.2, 0) is 0 Å². The molecule has 0 N–H and O–H groups in total. The Kier molecular flexibility index (Phi) is 6.84. The van der Waals surface area contributed by atoms with Crippen molar-refractivity contribution < 1.29 is 8.78 Å². The number of hydrogen-bond acceptors (Lipinski definition) is 6. The zero-order valence-corrected chi connectivity index (χ0v) is 24.2. The molecule has 4 aromatic heterocycles. The van der Waals surface area contributed by atoms with E-state index in [2.05, 4.69) is 19.9 Å². The van der Waals surface area contributed by atoms with Crippen molar-refractivity contribution in [1.82, 2.24) is 29.1 Å². The Morgan fingerprint density at radius 3 is 1.66 bits per heavy atom. The minimum absolute atomic E-state index is 0.153. The highest BCUT2D eigenvalue weighted by Gasteiger charge is 2.30. The molecule has 8 nitrogen and oxygen atoms in total. The third-order valence-electron chi connectivity index (χ3n) is 7.80. The molecule has 0 bridgehead atoms. The Balaban J connectivity index is 0.000000142. The van der Waals surface area contributed by atoms with Crippen LogP contribution in [0.2, 0.25) is 0 Å². The summed E-state index contributed by atoms with van der Waals surface area (Å²) in [5.74, 6) is -0.658. The summed E-state index contributed by atoms with van der Waals surface area (Å²) in [6.07, 6.45) is 5.68. The first-order valence-corrected chi connectivity index (χ1v) is 14.6. The molecule has 0 radical (unpaired) electrons. The average molecular weight is 591 g/mol. The molecule has 44 heavy (non-hydrogen) atoms. The Morgan fingerprint density at radius 1 is 0.636 bits per heavy atom. The molecule has 4 heterocycles. The molecule has 2 aromatic carbocycles. The number of pyridine rings is 2. The van der Waals surface area contributed by atoms with Crippen molar-refractivity contribution in [3.63, 3.8) is 0 Å². The fourth-order valence-corrected chi connectivity index (χ4v) is 5.31. The van der Waals surface area contributed by atoms with E-state index in [1.165, 1.54) is 24.3 Å². The lowest BCUT2D eigenvalue weighted by molar-refractivity contribution is 0.627. The lowest BCUT2D eigenvalue weighted by Gasteiger charge is -2.11. The number of halogens is 2. The van der Waals surface area contributed by atoms with E-state index in [-0.39, 0.29) is 34.8 Å². The van der Waals surface area contributed by atoms with Gasteiger partial charge in [0.15, 0.2) is 11.3 Å². The Hall–Kier alpha value is -5.12. The zero-order chi connectivity index (χ0) is 30.5. The van der Waals surface area contributed by atoms with E-state index in [1.807, 2.05) is 32.0 Å². The Morgan fingerprint density at radius 2 is 1.14 bits per heavy atom. The zero-order valence-electron chi connectivity index (χ0n) is 24.2. The van der Waals surface area contributed by atoms with Crippen LogP contribution in [0.1, 0.15) is 49.0 Å². The molecular formula is C34H28F2N6O2. The van der Waals surface area contributed by atoms with Crippen LogP contribution in [0.25, 0.3) is 44.8 Å². The highest BCUT2D eigenvalue weighted by molar-refractivity contribution is 5.76. The maximum atomic E-state index is 13.1. The van der Waals surface area contributed by atoms with Crippen molar-refractivity contribution in [1.29, 1.82) is 0 Å². The van der Waals surface area contributed by atoms with Crippen molar-refractivity contribution in [2.45, 2.75) is 51.6 Å². The summed E-state index contributed by atoms with van der Waals surface area (Å²) in [5.41, 5.74) is 6.16. The number of aromatic nitrogens is 6. The largest absolute Gasteiger partial charge is 0.286 e. The van der Waals surface area contributed by atoms with E-state index < -0.39 is 0 Å². The summed E-state index contributed by atoms with van der Waals surface area (Å²) in [6, 6.07) is 17.8. The average Bonchev–Trinajstić information content (AvgIpc) is 3.94. The first-order valence-electron chi connectivity index (χ1n) is 14.6. The van der Waals surface area contributed by atoms with Gasteiger partial charge in [-0.15, -0.1) is 0 Å². The van der Waals surface area contributed by atoms with E-state index in [1.54, 1.807) is 39.6 Å². The minimum Gasteiger partial charge on any atom is -0.286 e. The maximum Gasteiger partial charge on any atom is 0.278 e. The topological polar surface area (TPSA) is 95.6 Å². The smallest absolute Gasteiger partial charge is 0.278 e. The van der Waals surface area contributed by atoms with Crippen molar-refractivity contribution in [3.05, 3.63) is 117 Å². The van der Waals surface area contributed by atoms with E-state index in [9.17, 15) is 18.4 Å². The summed E-state index contributed by atoms with van der Waals surface area (Å²) in [5, 5.41) is 0. The molecule has 220 valence electrons. The molecular weight excluding hydrogens is 562 g/mol. The van der Waals surface area contributed by atoms with Gasteiger partial charge in [-0.1, -0.05) is 0 Å². The van der Waals surface area contributed by atoms with Gasteiger partial charge in [0, 0.05) is 35.1 Å². The molecule has 2 aliphatic rings. The second-order valence-electron chi connectivity index (χ2n) is 11.4. The second-order valence-corrected chi connectivity index (χ2v) is 11.4. The number of aryl methyl sites for hydroxylation is 2. The van der Waals surface area contributed by atoms with E-state index >= 15 is 0 Å². The van der Waals surface area contributed by atoms with Crippen molar-refractivity contribution in [2.24, 2.45) is 0 Å².